The third kappa shape index (κ3) is 2.84. The van der Waals surface area contributed by atoms with E-state index in [1.54, 1.807) is 6.20 Å². The highest BCUT2D eigenvalue weighted by atomic mass is 79.9. The van der Waals surface area contributed by atoms with Crippen LogP contribution in [-0.4, -0.2) is 21.6 Å². The maximum absolute atomic E-state index is 4.14. The minimum atomic E-state index is 0.190. The molecule has 0 aliphatic rings. The van der Waals surface area contributed by atoms with Gasteiger partial charge < -0.3 is 5.32 Å². The van der Waals surface area contributed by atoms with Gasteiger partial charge in [-0.2, -0.15) is 0 Å². The largest absolute Gasteiger partial charge is 0.311 e. The van der Waals surface area contributed by atoms with Crippen molar-refractivity contribution in [3.63, 3.8) is 0 Å². The first-order valence-electron chi connectivity index (χ1n) is 4.83. The van der Waals surface area contributed by atoms with Gasteiger partial charge in [0.2, 0.25) is 0 Å². The number of likely N-dealkylation sites (N-methyl/N-ethyl adjacent to an activating group) is 1. The highest BCUT2D eigenvalue weighted by Gasteiger charge is 2.13. The van der Waals surface area contributed by atoms with E-state index in [4.69, 9.17) is 0 Å². The van der Waals surface area contributed by atoms with Gasteiger partial charge in [0.15, 0.2) is 0 Å². The molecule has 0 aromatic carbocycles. The lowest BCUT2D eigenvalue weighted by Gasteiger charge is -2.12. The molecule has 0 bridgehead atoms. The molecule has 0 aliphatic heterocycles. The Morgan fingerprint density at radius 3 is 3.00 bits per heavy atom. The molecule has 0 fully saturated rings. The molecule has 0 saturated heterocycles. The second-order valence-corrected chi connectivity index (χ2v) is 4.91. The summed E-state index contributed by atoms with van der Waals surface area (Å²) in [6.07, 6.45) is 4.51. The molecule has 84 valence electrons. The molecule has 1 unspecified atom stereocenters. The van der Waals surface area contributed by atoms with E-state index in [0.29, 0.717) is 0 Å². The molecule has 0 saturated carbocycles. The highest BCUT2D eigenvalue weighted by Crippen LogP contribution is 2.18. The zero-order chi connectivity index (χ0) is 11.4. The van der Waals surface area contributed by atoms with Crippen molar-refractivity contribution in [3.05, 3.63) is 39.6 Å². The van der Waals surface area contributed by atoms with Crippen LogP contribution in [0.5, 0.6) is 0 Å². The first kappa shape index (κ1) is 11.6. The fourth-order valence-corrected chi connectivity index (χ4v) is 2.40. The molecule has 2 aromatic rings. The molecule has 0 spiro atoms. The van der Waals surface area contributed by atoms with Crippen LogP contribution in [0, 0.1) is 0 Å². The van der Waals surface area contributed by atoms with Crippen molar-refractivity contribution in [2.24, 2.45) is 0 Å². The average molecular weight is 299 g/mol. The van der Waals surface area contributed by atoms with E-state index >= 15 is 0 Å². The summed E-state index contributed by atoms with van der Waals surface area (Å²) in [4.78, 5) is 4.14. The Hall–Kier alpha value is -0.850. The number of halogens is 1. The van der Waals surface area contributed by atoms with E-state index in [2.05, 4.69) is 41.9 Å². The Morgan fingerprint density at radius 1 is 1.50 bits per heavy atom. The van der Waals surface area contributed by atoms with E-state index in [9.17, 15) is 0 Å². The lowest BCUT2D eigenvalue weighted by atomic mass is 10.1. The van der Waals surface area contributed by atoms with Crippen molar-refractivity contribution in [3.8, 4) is 0 Å². The molecule has 0 aliphatic carbocycles. The van der Waals surface area contributed by atoms with Gasteiger partial charge in [-0.05, 0) is 52.6 Å². The van der Waals surface area contributed by atoms with Crippen molar-refractivity contribution in [2.45, 2.75) is 12.5 Å². The van der Waals surface area contributed by atoms with E-state index in [1.807, 2.05) is 18.6 Å². The van der Waals surface area contributed by atoms with Crippen LogP contribution in [0.2, 0.25) is 0 Å². The lowest BCUT2D eigenvalue weighted by Crippen LogP contribution is -2.19. The summed E-state index contributed by atoms with van der Waals surface area (Å²) in [7, 11) is 1.93. The van der Waals surface area contributed by atoms with Crippen LogP contribution >= 0.6 is 27.5 Å². The van der Waals surface area contributed by atoms with Crippen LogP contribution in [0.3, 0.4) is 0 Å². The van der Waals surface area contributed by atoms with Crippen LogP contribution in [0.1, 0.15) is 17.3 Å². The minimum absolute atomic E-state index is 0.190. The Morgan fingerprint density at radius 2 is 2.38 bits per heavy atom. The van der Waals surface area contributed by atoms with Gasteiger partial charge in [0.1, 0.15) is 0 Å². The summed E-state index contributed by atoms with van der Waals surface area (Å²) in [6, 6.07) is 2.26. The van der Waals surface area contributed by atoms with Gasteiger partial charge in [0.05, 0.1) is 11.7 Å². The van der Waals surface area contributed by atoms with Gasteiger partial charge in [0, 0.05) is 22.2 Å². The summed E-state index contributed by atoms with van der Waals surface area (Å²) >= 11 is 4.78. The van der Waals surface area contributed by atoms with Crippen LogP contribution in [0.15, 0.2) is 28.3 Å². The first-order valence-corrected chi connectivity index (χ1v) is 6.46. The van der Waals surface area contributed by atoms with Gasteiger partial charge in [-0.1, -0.05) is 4.49 Å². The Kier molecular flexibility index (Phi) is 3.98. The van der Waals surface area contributed by atoms with E-state index in [1.165, 1.54) is 17.1 Å². The van der Waals surface area contributed by atoms with Crippen LogP contribution in [0.4, 0.5) is 0 Å². The van der Waals surface area contributed by atoms with Gasteiger partial charge in [-0.25, -0.2) is 0 Å². The predicted octanol–water partition coefficient (Wildman–Crippen LogP) is 2.20. The number of nitrogens with one attached hydrogen (secondary N) is 1. The van der Waals surface area contributed by atoms with Crippen molar-refractivity contribution in [2.75, 3.05) is 7.05 Å². The van der Waals surface area contributed by atoms with Crippen molar-refractivity contribution >= 4 is 27.5 Å². The predicted molar refractivity (Wildman–Crippen MR) is 67.4 cm³/mol. The maximum Gasteiger partial charge on any atom is 0.0928 e. The Labute approximate surface area is 106 Å². The van der Waals surface area contributed by atoms with Gasteiger partial charge in [-0.15, -0.1) is 5.10 Å². The number of nitrogens with zero attached hydrogens (tertiary/aromatic N) is 3. The highest BCUT2D eigenvalue weighted by molar-refractivity contribution is 9.10. The molecule has 2 rings (SSSR count). The fraction of sp³-hybridized carbons (Fsp3) is 0.300. The van der Waals surface area contributed by atoms with E-state index in [-0.39, 0.29) is 6.04 Å². The van der Waals surface area contributed by atoms with Gasteiger partial charge in [-0.3, -0.25) is 4.98 Å². The summed E-state index contributed by atoms with van der Waals surface area (Å²) in [5.41, 5.74) is 2.15. The van der Waals surface area contributed by atoms with Crippen LogP contribution in [-0.2, 0) is 6.42 Å². The standard InChI is InChI=1S/C10H11BrN4S/c1-12-9(10-6-16-15-14-10)3-7-2-8(11)5-13-4-7/h2,4-6,9,12H,3H2,1H3. The molecule has 2 aromatic heterocycles. The van der Waals surface area contributed by atoms with Crippen LogP contribution < -0.4 is 5.32 Å². The quantitative estimate of drug-likeness (QED) is 0.940. The summed E-state index contributed by atoms with van der Waals surface area (Å²) in [5.74, 6) is 0. The van der Waals surface area contributed by atoms with E-state index in [0.717, 1.165) is 16.6 Å². The molecular formula is C10H11BrN4S. The molecule has 2 heterocycles. The van der Waals surface area contributed by atoms with Crippen molar-refractivity contribution in [1.82, 2.24) is 19.9 Å². The third-order valence-corrected chi connectivity index (χ3v) is 3.24. The Balaban J connectivity index is 2.13. The van der Waals surface area contributed by atoms with Crippen molar-refractivity contribution in [1.29, 1.82) is 0 Å². The molecule has 1 N–H and O–H groups in total. The normalized spacial score (nSPS) is 12.6. The second-order valence-electron chi connectivity index (χ2n) is 3.39. The van der Waals surface area contributed by atoms with Gasteiger partial charge in [0.25, 0.3) is 0 Å². The average Bonchev–Trinajstić information content (AvgIpc) is 2.79. The molecule has 0 amide bonds. The lowest BCUT2D eigenvalue weighted by molar-refractivity contribution is 0.573. The zero-order valence-electron chi connectivity index (χ0n) is 8.72. The summed E-state index contributed by atoms with van der Waals surface area (Å²) in [5, 5.41) is 9.28. The Bertz CT molecular complexity index is 446. The van der Waals surface area contributed by atoms with Gasteiger partial charge >= 0.3 is 0 Å². The van der Waals surface area contributed by atoms with E-state index < -0.39 is 0 Å². The topological polar surface area (TPSA) is 50.7 Å². The van der Waals surface area contributed by atoms with Crippen molar-refractivity contribution < 1.29 is 0 Å². The monoisotopic (exact) mass is 298 g/mol. The number of hydrogen-bond donors (Lipinski definition) is 1. The van der Waals surface area contributed by atoms with Crippen LogP contribution in [0.25, 0.3) is 0 Å². The molecule has 0 radical (unpaired) electrons. The summed E-state index contributed by atoms with van der Waals surface area (Å²) in [6.45, 7) is 0. The molecular weight excluding hydrogens is 288 g/mol. The maximum atomic E-state index is 4.14. The number of pyridine rings is 1. The molecule has 1 atom stereocenters. The third-order valence-electron chi connectivity index (χ3n) is 2.28. The smallest absolute Gasteiger partial charge is 0.0928 e. The minimum Gasteiger partial charge on any atom is -0.311 e. The number of hydrogen-bond acceptors (Lipinski definition) is 5. The fourth-order valence-electron chi connectivity index (χ4n) is 1.48. The molecule has 6 heteroatoms. The second kappa shape index (κ2) is 5.47. The SMILES string of the molecule is CNC(Cc1cncc(Br)c1)c1csnn1. The molecule has 4 nitrogen and oxygen atoms in total. The summed E-state index contributed by atoms with van der Waals surface area (Å²) < 4.78 is 4.87. The molecule has 16 heavy (non-hydrogen) atoms. The number of aromatic nitrogens is 3. The first-order chi connectivity index (χ1) is 7.79. The zero-order valence-corrected chi connectivity index (χ0v) is 11.1. The number of rotatable bonds is 4.